The van der Waals surface area contributed by atoms with Crippen LogP contribution in [0.3, 0.4) is 0 Å². The summed E-state index contributed by atoms with van der Waals surface area (Å²) in [7, 11) is 0. The third-order valence-corrected chi connectivity index (χ3v) is 3.77. The predicted molar refractivity (Wildman–Crippen MR) is 63.2 cm³/mol. The Balaban J connectivity index is 1.40. The van der Waals surface area contributed by atoms with Gasteiger partial charge in [-0.05, 0) is 44.8 Å². The Morgan fingerprint density at radius 1 is 1.25 bits per heavy atom. The van der Waals surface area contributed by atoms with Crippen molar-refractivity contribution in [2.45, 2.75) is 44.3 Å². The molecule has 0 spiro atoms. The van der Waals surface area contributed by atoms with Gasteiger partial charge in [0, 0.05) is 24.2 Å². The molecule has 0 bridgehead atoms. The molecule has 16 heavy (non-hydrogen) atoms. The van der Waals surface area contributed by atoms with E-state index in [2.05, 4.69) is 10.2 Å². The fraction of sp³-hybridized carbons (Fsp3) is 0.692. The third kappa shape index (κ3) is 2.47. The van der Waals surface area contributed by atoms with Gasteiger partial charge in [-0.25, -0.2) is 0 Å². The van der Waals surface area contributed by atoms with E-state index in [9.17, 15) is 0 Å². The van der Waals surface area contributed by atoms with Gasteiger partial charge < -0.3 is 14.6 Å². The molecule has 1 saturated heterocycles. The highest BCUT2D eigenvalue weighted by atomic mass is 16.3. The largest absolute Gasteiger partial charge is 0.472 e. The monoisotopic (exact) mass is 220 g/mol. The van der Waals surface area contributed by atoms with E-state index in [0.29, 0.717) is 6.04 Å². The summed E-state index contributed by atoms with van der Waals surface area (Å²) < 4.78 is 5.06. The molecule has 0 unspecified atom stereocenters. The molecule has 88 valence electrons. The molecule has 0 radical (unpaired) electrons. The van der Waals surface area contributed by atoms with Crippen molar-refractivity contribution in [1.29, 1.82) is 0 Å². The second-order valence-electron chi connectivity index (χ2n) is 5.05. The average Bonchev–Trinajstić information content (AvgIpc) is 3.05. The van der Waals surface area contributed by atoms with Crippen LogP contribution in [0.5, 0.6) is 0 Å². The molecule has 2 heterocycles. The summed E-state index contributed by atoms with van der Waals surface area (Å²) in [5, 5.41) is 3.62. The zero-order chi connectivity index (χ0) is 10.8. The topological polar surface area (TPSA) is 28.4 Å². The number of furan rings is 1. The maximum atomic E-state index is 5.06. The number of hydrogen-bond acceptors (Lipinski definition) is 3. The fourth-order valence-electron chi connectivity index (χ4n) is 2.56. The SMILES string of the molecule is c1cc(CNC2CCN(C3CC3)CC2)co1. The molecule has 3 nitrogen and oxygen atoms in total. The fourth-order valence-corrected chi connectivity index (χ4v) is 2.56. The quantitative estimate of drug-likeness (QED) is 0.841. The van der Waals surface area contributed by atoms with Crippen molar-refractivity contribution >= 4 is 0 Å². The first-order chi connectivity index (χ1) is 7.92. The first-order valence-electron chi connectivity index (χ1n) is 6.40. The van der Waals surface area contributed by atoms with Crippen LogP contribution in [0, 0.1) is 0 Å². The minimum absolute atomic E-state index is 0.699. The number of rotatable bonds is 4. The van der Waals surface area contributed by atoms with Crippen molar-refractivity contribution in [2.75, 3.05) is 13.1 Å². The van der Waals surface area contributed by atoms with Gasteiger partial charge in [-0.1, -0.05) is 0 Å². The Morgan fingerprint density at radius 2 is 2.06 bits per heavy atom. The summed E-state index contributed by atoms with van der Waals surface area (Å²) in [5.41, 5.74) is 1.25. The second-order valence-corrected chi connectivity index (χ2v) is 5.05. The van der Waals surface area contributed by atoms with Crippen LogP contribution in [-0.2, 0) is 6.54 Å². The standard InChI is InChI=1S/C13H20N2O/c1-2-13(1)15-6-3-12(4-7-15)14-9-11-5-8-16-10-11/h5,8,10,12-14H,1-4,6-7,9H2. The molecule has 2 aliphatic rings. The van der Waals surface area contributed by atoms with Crippen LogP contribution in [0.1, 0.15) is 31.2 Å². The summed E-state index contributed by atoms with van der Waals surface area (Å²) in [6, 6.07) is 3.67. The second kappa shape index (κ2) is 4.60. The molecule has 1 saturated carbocycles. The lowest BCUT2D eigenvalue weighted by molar-refractivity contribution is 0.189. The summed E-state index contributed by atoms with van der Waals surface area (Å²) in [6.45, 7) is 3.52. The van der Waals surface area contributed by atoms with Crippen molar-refractivity contribution in [3.05, 3.63) is 24.2 Å². The molecule has 1 aromatic rings. The summed E-state index contributed by atoms with van der Waals surface area (Å²) >= 11 is 0. The molecule has 1 aliphatic heterocycles. The highest BCUT2D eigenvalue weighted by molar-refractivity contribution is 5.04. The van der Waals surface area contributed by atoms with Crippen molar-refractivity contribution in [3.63, 3.8) is 0 Å². The van der Waals surface area contributed by atoms with Crippen LogP contribution in [0.15, 0.2) is 23.0 Å². The van der Waals surface area contributed by atoms with Crippen molar-refractivity contribution in [2.24, 2.45) is 0 Å². The molecule has 0 atom stereocenters. The van der Waals surface area contributed by atoms with Gasteiger partial charge in [-0.15, -0.1) is 0 Å². The van der Waals surface area contributed by atoms with E-state index in [0.717, 1.165) is 12.6 Å². The number of piperidine rings is 1. The highest BCUT2D eigenvalue weighted by Gasteiger charge is 2.31. The average molecular weight is 220 g/mol. The number of nitrogens with zero attached hydrogens (tertiary/aromatic N) is 1. The lowest BCUT2D eigenvalue weighted by Gasteiger charge is -2.32. The van der Waals surface area contributed by atoms with E-state index >= 15 is 0 Å². The molecular formula is C13H20N2O. The van der Waals surface area contributed by atoms with Crippen LogP contribution in [0.4, 0.5) is 0 Å². The van der Waals surface area contributed by atoms with Gasteiger partial charge in [0.1, 0.15) is 0 Å². The summed E-state index contributed by atoms with van der Waals surface area (Å²) in [6.07, 6.45) is 9.04. The number of likely N-dealkylation sites (tertiary alicyclic amines) is 1. The van der Waals surface area contributed by atoms with E-state index in [1.165, 1.54) is 44.3 Å². The van der Waals surface area contributed by atoms with Gasteiger partial charge in [0.25, 0.3) is 0 Å². The summed E-state index contributed by atoms with van der Waals surface area (Å²) in [4.78, 5) is 2.66. The van der Waals surface area contributed by atoms with Crippen LogP contribution in [-0.4, -0.2) is 30.1 Å². The predicted octanol–water partition coefficient (Wildman–Crippen LogP) is 2.00. The van der Waals surface area contributed by atoms with Gasteiger partial charge in [-0.2, -0.15) is 0 Å². The highest BCUT2D eigenvalue weighted by Crippen LogP contribution is 2.29. The Hall–Kier alpha value is -0.800. The zero-order valence-corrected chi connectivity index (χ0v) is 9.69. The first kappa shape index (κ1) is 10.4. The van der Waals surface area contributed by atoms with E-state index in [-0.39, 0.29) is 0 Å². The molecule has 2 fully saturated rings. The van der Waals surface area contributed by atoms with Gasteiger partial charge in [0.05, 0.1) is 12.5 Å². The zero-order valence-electron chi connectivity index (χ0n) is 9.69. The molecule has 0 aromatic carbocycles. The van der Waals surface area contributed by atoms with E-state index in [1.807, 2.05) is 12.3 Å². The smallest absolute Gasteiger partial charge is 0.0947 e. The van der Waals surface area contributed by atoms with Crippen molar-refractivity contribution < 1.29 is 4.42 Å². The van der Waals surface area contributed by atoms with E-state index < -0.39 is 0 Å². The number of nitrogens with one attached hydrogen (secondary N) is 1. The van der Waals surface area contributed by atoms with Gasteiger partial charge in [0.15, 0.2) is 0 Å². The van der Waals surface area contributed by atoms with Crippen LogP contribution >= 0.6 is 0 Å². The normalized spacial score (nSPS) is 23.8. The third-order valence-electron chi connectivity index (χ3n) is 3.77. The Labute approximate surface area is 96.8 Å². The molecule has 1 N–H and O–H groups in total. The van der Waals surface area contributed by atoms with E-state index in [1.54, 1.807) is 6.26 Å². The Kier molecular flexibility index (Phi) is 2.98. The van der Waals surface area contributed by atoms with Crippen molar-refractivity contribution in [3.8, 4) is 0 Å². The molecule has 0 amide bonds. The molecule has 1 aromatic heterocycles. The lowest BCUT2D eigenvalue weighted by atomic mass is 10.0. The van der Waals surface area contributed by atoms with Crippen LogP contribution < -0.4 is 5.32 Å². The van der Waals surface area contributed by atoms with Crippen molar-refractivity contribution in [1.82, 2.24) is 10.2 Å². The molecular weight excluding hydrogens is 200 g/mol. The van der Waals surface area contributed by atoms with Gasteiger partial charge in [-0.3, -0.25) is 0 Å². The first-order valence-corrected chi connectivity index (χ1v) is 6.40. The van der Waals surface area contributed by atoms with Crippen LogP contribution in [0.25, 0.3) is 0 Å². The molecule has 1 aliphatic carbocycles. The summed E-state index contributed by atoms with van der Waals surface area (Å²) in [5.74, 6) is 0. The van der Waals surface area contributed by atoms with E-state index in [4.69, 9.17) is 4.42 Å². The van der Waals surface area contributed by atoms with Crippen LogP contribution in [0.2, 0.25) is 0 Å². The minimum atomic E-state index is 0.699. The van der Waals surface area contributed by atoms with Gasteiger partial charge in [0.2, 0.25) is 0 Å². The maximum absolute atomic E-state index is 5.06. The van der Waals surface area contributed by atoms with Gasteiger partial charge >= 0.3 is 0 Å². The minimum Gasteiger partial charge on any atom is -0.472 e. The number of hydrogen-bond donors (Lipinski definition) is 1. The maximum Gasteiger partial charge on any atom is 0.0947 e. The Morgan fingerprint density at radius 3 is 2.69 bits per heavy atom. The lowest BCUT2D eigenvalue weighted by Crippen LogP contribution is -2.43. The Bertz CT molecular complexity index is 311. The molecule has 3 heteroatoms. The molecule has 3 rings (SSSR count).